The summed E-state index contributed by atoms with van der Waals surface area (Å²) in [5.41, 5.74) is 1.71. The van der Waals surface area contributed by atoms with Gasteiger partial charge in [0.25, 0.3) is 5.91 Å². The number of amides is 2. The molecule has 1 saturated heterocycles. The normalized spacial score (nSPS) is 17.5. The first-order valence-electron chi connectivity index (χ1n) is 11.3. The van der Waals surface area contributed by atoms with Gasteiger partial charge in [-0.15, -0.1) is 11.8 Å². The zero-order chi connectivity index (χ0) is 22.1. The molecule has 8 heteroatoms. The van der Waals surface area contributed by atoms with Gasteiger partial charge in [-0.25, -0.2) is 0 Å². The van der Waals surface area contributed by atoms with Crippen molar-refractivity contribution in [3.05, 3.63) is 29.3 Å². The maximum atomic E-state index is 12.9. The quantitative estimate of drug-likeness (QED) is 0.290. The number of rotatable bonds is 12. The van der Waals surface area contributed by atoms with E-state index in [9.17, 15) is 14.4 Å². The first-order chi connectivity index (χ1) is 15.1. The van der Waals surface area contributed by atoms with Crippen LogP contribution in [0.2, 0.25) is 0 Å². The topological polar surface area (TPSA) is 81.8 Å². The molecule has 1 atom stereocenters. The molecule has 170 valence electrons. The number of hydrogen-bond acceptors (Lipinski definition) is 6. The van der Waals surface area contributed by atoms with Crippen molar-refractivity contribution < 1.29 is 14.4 Å². The lowest BCUT2D eigenvalue weighted by Gasteiger charge is -2.27. The minimum absolute atomic E-state index is 0.109. The number of aldehydes is 1. The number of carbonyl (C=O) groups excluding carboxylic acids is 3. The summed E-state index contributed by atoms with van der Waals surface area (Å²) in [4.78, 5) is 41.3. The molecule has 2 heterocycles. The highest BCUT2D eigenvalue weighted by Crippen LogP contribution is 2.34. The Morgan fingerprint density at radius 3 is 2.81 bits per heavy atom. The Bertz CT molecular complexity index is 767. The molecule has 0 spiro atoms. The predicted octanol–water partition coefficient (Wildman–Crippen LogP) is 1.90. The average Bonchev–Trinajstić information content (AvgIpc) is 3.14. The van der Waals surface area contributed by atoms with Gasteiger partial charge in [-0.1, -0.05) is 12.5 Å². The van der Waals surface area contributed by atoms with Crippen molar-refractivity contribution in [2.75, 3.05) is 45.5 Å². The van der Waals surface area contributed by atoms with Gasteiger partial charge in [0.05, 0.1) is 6.04 Å². The fourth-order valence-electron chi connectivity index (χ4n) is 4.16. The zero-order valence-electron chi connectivity index (χ0n) is 18.4. The van der Waals surface area contributed by atoms with Gasteiger partial charge in [-0.3, -0.25) is 9.59 Å². The van der Waals surface area contributed by atoms with Gasteiger partial charge in [-0.05, 0) is 49.3 Å². The summed E-state index contributed by atoms with van der Waals surface area (Å²) in [5.74, 6) is 0.798. The number of hydrogen-bond donors (Lipinski definition) is 2. The van der Waals surface area contributed by atoms with Crippen LogP contribution in [0.15, 0.2) is 23.1 Å². The maximum absolute atomic E-state index is 12.9. The second kappa shape index (κ2) is 12.2. The first-order valence-corrected chi connectivity index (χ1v) is 12.3. The van der Waals surface area contributed by atoms with Crippen molar-refractivity contribution in [3.63, 3.8) is 0 Å². The third kappa shape index (κ3) is 6.54. The van der Waals surface area contributed by atoms with Crippen LogP contribution in [0.1, 0.15) is 48.0 Å². The molecule has 0 aromatic heterocycles. The molecule has 2 amide bonds. The number of benzene rings is 1. The molecule has 7 nitrogen and oxygen atoms in total. The Hall–Kier alpha value is -1.90. The Labute approximate surface area is 189 Å². The molecule has 1 aromatic carbocycles. The fraction of sp³-hybridized carbons (Fsp3) is 0.609. The second-order valence-corrected chi connectivity index (χ2v) is 9.27. The fourth-order valence-corrected chi connectivity index (χ4v) is 5.25. The van der Waals surface area contributed by atoms with E-state index in [1.807, 2.05) is 12.1 Å². The summed E-state index contributed by atoms with van der Waals surface area (Å²) >= 11 is 1.80. The summed E-state index contributed by atoms with van der Waals surface area (Å²) in [6, 6.07) is 5.27. The number of thioether (sulfide) groups is 1. The van der Waals surface area contributed by atoms with E-state index in [0.29, 0.717) is 18.5 Å². The van der Waals surface area contributed by atoms with Crippen LogP contribution < -0.4 is 10.6 Å². The van der Waals surface area contributed by atoms with Crippen molar-refractivity contribution in [2.24, 2.45) is 0 Å². The van der Waals surface area contributed by atoms with Crippen molar-refractivity contribution >= 4 is 29.9 Å². The summed E-state index contributed by atoms with van der Waals surface area (Å²) in [6.07, 6.45) is 4.96. The molecule has 3 rings (SSSR count). The monoisotopic (exact) mass is 446 g/mol. The van der Waals surface area contributed by atoms with Gasteiger partial charge >= 0.3 is 0 Å². The van der Waals surface area contributed by atoms with Gasteiger partial charge in [0, 0.05) is 56.7 Å². The lowest BCUT2D eigenvalue weighted by Crippen LogP contribution is -2.43. The second-order valence-electron chi connectivity index (χ2n) is 8.13. The van der Waals surface area contributed by atoms with Crippen LogP contribution in [0, 0.1) is 0 Å². The van der Waals surface area contributed by atoms with E-state index < -0.39 is 6.04 Å². The number of carbonyl (C=O) groups is 3. The maximum Gasteiger partial charge on any atom is 0.255 e. The molecule has 1 aromatic rings. The SMILES string of the molecule is CNC(=O)CCC(C=O)N1Cc2c(SCCCCCN3CCNCC3)cccc2C1=O. The molecule has 0 saturated carbocycles. The Morgan fingerprint density at radius 2 is 2.06 bits per heavy atom. The number of fused-ring (bicyclic) bond motifs is 1. The third-order valence-electron chi connectivity index (χ3n) is 6.04. The third-order valence-corrected chi connectivity index (χ3v) is 7.23. The Kier molecular flexibility index (Phi) is 9.36. The molecular weight excluding hydrogens is 412 g/mol. The molecule has 0 bridgehead atoms. The van der Waals surface area contributed by atoms with Crippen molar-refractivity contribution in [3.8, 4) is 0 Å². The van der Waals surface area contributed by atoms with Crippen LogP contribution in [-0.2, 0) is 16.1 Å². The highest BCUT2D eigenvalue weighted by molar-refractivity contribution is 7.99. The number of nitrogens with one attached hydrogen (secondary N) is 2. The van der Waals surface area contributed by atoms with Gasteiger partial charge in [0.15, 0.2) is 0 Å². The van der Waals surface area contributed by atoms with Crippen molar-refractivity contribution in [2.45, 2.75) is 49.6 Å². The van der Waals surface area contributed by atoms with Gasteiger partial charge in [0.2, 0.25) is 5.91 Å². The zero-order valence-corrected chi connectivity index (χ0v) is 19.2. The summed E-state index contributed by atoms with van der Waals surface area (Å²) in [5, 5.41) is 5.95. The van der Waals surface area contributed by atoms with E-state index in [4.69, 9.17) is 0 Å². The lowest BCUT2D eigenvalue weighted by atomic mass is 10.1. The minimum Gasteiger partial charge on any atom is -0.359 e. The van der Waals surface area contributed by atoms with Gasteiger partial charge < -0.3 is 25.2 Å². The van der Waals surface area contributed by atoms with Crippen LogP contribution in [-0.4, -0.2) is 79.5 Å². The largest absolute Gasteiger partial charge is 0.359 e. The number of nitrogens with zero attached hydrogens (tertiary/aromatic N) is 2. The molecule has 0 radical (unpaired) electrons. The summed E-state index contributed by atoms with van der Waals surface area (Å²) in [6.45, 7) is 6.13. The van der Waals surface area contributed by atoms with Crippen LogP contribution in [0.3, 0.4) is 0 Å². The van der Waals surface area contributed by atoms with E-state index in [1.165, 1.54) is 19.4 Å². The van der Waals surface area contributed by atoms with Gasteiger partial charge in [-0.2, -0.15) is 0 Å². The molecular formula is C23H34N4O3S. The molecule has 0 aliphatic carbocycles. The Morgan fingerprint density at radius 1 is 1.26 bits per heavy atom. The average molecular weight is 447 g/mol. The molecule has 1 unspecified atom stereocenters. The van der Waals surface area contributed by atoms with Crippen LogP contribution in [0.4, 0.5) is 0 Å². The van der Waals surface area contributed by atoms with Gasteiger partial charge in [0.1, 0.15) is 6.29 Å². The minimum atomic E-state index is -0.569. The molecule has 2 N–H and O–H groups in total. The van der Waals surface area contributed by atoms with Crippen LogP contribution in [0.5, 0.6) is 0 Å². The number of unbranched alkanes of at least 4 members (excludes halogenated alkanes) is 2. The predicted molar refractivity (Wildman–Crippen MR) is 123 cm³/mol. The molecule has 2 aliphatic heterocycles. The van der Waals surface area contributed by atoms with E-state index in [0.717, 1.165) is 55.1 Å². The van der Waals surface area contributed by atoms with E-state index in [2.05, 4.69) is 21.6 Å². The summed E-state index contributed by atoms with van der Waals surface area (Å²) < 4.78 is 0. The Balaban J connectivity index is 1.47. The molecule has 31 heavy (non-hydrogen) atoms. The van der Waals surface area contributed by atoms with E-state index in [-0.39, 0.29) is 18.2 Å². The highest BCUT2D eigenvalue weighted by Gasteiger charge is 2.34. The van der Waals surface area contributed by atoms with Crippen molar-refractivity contribution in [1.29, 1.82) is 0 Å². The number of piperazine rings is 1. The first kappa shape index (κ1) is 23.8. The standard InChI is InChI=1S/C23H34N4O3S/c1-24-22(29)9-8-18(17-28)27-16-20-19(23(27)30)6-5-7-21(20)31-15-4-2-3-12-26-13-10-25-11-14-26/h5-7,17-18,25H,2-4,8-16H2,1H3,(H,24,29). The lowest BCUT2D eigenvalue weighted by molar-refractivity contribution is -0.121. The van der Waals surface area contributed by atoms with E-state index >= 15 is 0 Å². The van der Waals surface area contributed by atoms with E-state index in [1.54, 1.807) is 23.7 Å². The highest BCUT2D eigenvalue weighted by atomic mass is 32.2. The molecule has 1 fully saturated rings. The summed E-state index contributed by atoms with van der Waals surface area (Å²) in [7, 11) is 1.57. The van der Waals surface area contributed by atoms with Crippen LogP contribution >= 0.6 is 11.8 Å². The van der Waals surface area contributed by atoms with Crippen molar-refractivity contribution in [1.82, 2.24) is 20.4 Å². The smallest absolute Gasteiger partial charge is 0.255 e. The van der Waals surface area contributed by atoms with Crippen LogP contribution in [0.25, 0.3) is 0 Å². The molecule has 2 aliphatic rings.